The Kier molecular flexibility index (Phi) is 4.96. The highest BCUT2D eigenvalue weighted by Crippen LogP contribution is 2.31. The van der Waals surface area contributed by atoms with E-state index in [0.29, 0.717) is 11.9 Å². The van der Waals surface area contributed by atoms with Gasteiger partial charge in [-0.05, 0) is 37.0 Å². The number of benzene rings is 1. The van der Waals surface area contributed by atoms with Crippen LogP contribution in [0.15, 0.2) is 35.1 Å². The molecule has 2 heterocycles. The Morgan fingerprint density at radius 2 is 1.79 bits per heavy atom. The highest BCUT2D eigenvalue weighted by atomic mass is 16.4. The summed E-state index contributed by atoms with van der Waals surface area (Å²) in [5, 5.41) is 21.6. The standard InChI is InChI=1S/C20H21N3O5/c1-11-14(9-13-7-5-4-6-8-13)12(2)23-17(11)18(26)16(20(28)22(23)3)19(27)21-10-15(24)25/h4-8,26H,9-10H2,1-3H3,(H,21,27)(H,24,25). The fourth-order valence-electron chi connectivity index (χ4n) is 3.50. The number of aromatic hydroxyl groups is 1. The molecular formula is C20H21N3O5. The lowest BCUT2D eigenvalue weighted by molar-refractivity contribution is -0.135. The highest BCUT2D eigenvalue weighted by Gasteiger charge is 2.26. The van der Waals surface area contributed by atoms with E-state index < -0.39 is 35.3 Å². The van der Waals surface area contributed by atoms with Crippen molar-refractivity contribution in [1.29, 1.82) is 0 Å². The number of carboxylic acid groups (broad SMARTS) is 1. The maximum Gasteiger partial charge on any atom is 0.322 e. The zero-order valence-electron chi connectivity index (χ0n) is 15.8. The van der Waals surface area contributed by atoms with Crippen LogP contribution in [0.4, 0.5) is 0 Å². The average molecular weight is 383 g/mol. The Morgan fingerprint density at radius 3 is 2.39 bits per heavy atom. The summed E-state index contributed by atoms with van der Waals surface area (Å²) >= 11 is 0. The maximum atomic E-state index is 12.7. The number of carboxylic acids is 1. The number of aliphatic carboxylic acids is 1. The first kappa shape index (κ1) is 19.2. The molecule has 0 fully saturated rings. The van der Waals surface area contributed by atoms with E-state index in [1.165, 1.54) is 11.7 Å². The van der Waals surface area contributed by atoms with Crippen molar-refractivity contribution in [1.82, 2.24) is 14.5 Å². The van der Waals surface area contributed by atoms with Crippen molar-refractivity contribution >= 4 is 17.4 Å². The molecule has 2 aromatic heterocycles. The van der Waals surface area contributed by atoms with Gasteiger partial charge in [-0.25, -0.2) is 4.68 Å². The van der Waals surface area contributed by atoms with Crippen molar-refractivity contribution in [2.24, 2.45) is 7.05 Å². The molecule has 3 aromatic rings. The van der Waals surface area contributed by atoms with Crippen LogP contribution in [0.5, 0.6) is 5.75 Å². The largest absolute Gasteiger partial charge is 0.505 e. The van der Waals surface area contributed by atoms with Crippen LogP contribution in [0.2, 0.25) is 0 Å². The van der Waals surface area contributed by atoms with Crippen LogP contribution in [0.1, 0.15) is 32.7 Å². The van der Waals surface area contributed by atoms with E-state index in [1.807, 2.05) is 44.2 Å². The average Bonchev–Trinajstić information content (AvgIpc) is 2.90. The third-order valence-corrected chi connectivity index (χ3v) is 4.89. The molecule has 0 saturated heterocycles. The number of carbonyl (C=O) groups is 2. The zero-order valence-corrected chi connectivity index (χ0v) is 15.8. The number of aryl methyl sites for hydroxylation is 3. The van der Waals surface area contributed by atoms with E-state index in [2.05, 4.69) is 5.32 Å². The molecule has 1 amide bonds. The molecule has 0 aliphatic rings. The SMILES string of the molecule is Cc1c(Cc2ccccc2)c(C)n2c1c(O)c(C(=O)NCC(=O)O)c(=O)n2C. The van der Waals surface area contributed by atoms with Crippen molar-refractivity contribution in [3.8, 4) is 5.75 Å². The normalized spacial score (nSPS) is 11.0. The number of hydrogen-bond acceptors (Lipinski definition) is 4. The molecule has 3 rings (SSSR count). The second-order valence-corrected chi connectivity index (χ2v) is 6.64. The summed E-state index contributed by atoms with van der Waals surface area (Å²) in [4.78, 5) is 35.7. The first-order valence-electron chi connectivity index (χ1n) is 8.70. The number of carbonyl (C=O) groups excluding carboxylic acids is 1. The van der Waals surface area contributed by atoms with E-state index >= 15 is 0 Å². The predicted octanol–water partition coefficient (Wildman–Crippen LogP) is 1.37. The van der Waals surface area contributed by atoms with Crippen molar-refractivity contribution in [2.75, 3.05) is 6.54 Å². The van der Waals surface area contributed by atoms with Crippen molar-refractivity contribution in [2.45, 2.75) is 20.3 Å². The quantitative estimate of drug-likeness (QED) is 0.616. The van der Waals surface area contributed by atoms with Gasteiger partial charge in [0.25, 0.3) is 11.5 Å². The second-order valence-electron chi connectivity index (χ2n) is 6.64. The molecule has 28 heavy (non-hydrogen) atoms. The Hall–Kier alpha value is -3.55. The van der Waals surface area contributed by atoms with Gasteiger partial charge in [-0.3, -0.25) is 18.9 Å². The molecule has 0 aliphatic heterocycles. The van der Waals surface area contributed by atoms with Gasteiger partial charge >= 0.3 is 5.97 Å². The Bertz CT molecular complexity index is 1140. The van der Waals surface area contributed by atoms with Crippen LogP contribution in [0.3, 0.4) is 0 Å². The van der Waals surface area contributed by atoms with E-state index in [4.69, 9.17) is 5.11 Å². The molecule has 0 aliphatic carbocycles. The van der Waals surface area contributed by atoms with Gasteiger partial charge in [-0.1, -0.05) is 30.3 Å². The number of nitrogens with zero attached hydrogens (tertiary/aromatic N) is 2. The summed E-state index contributed by atoms with van der Waals surface area (Å²) in [5.41, 5.74) is 2.73. The van der Waals surface area contributed by atoms with Crippen molar-refractivity contribution in [3.05, 3.63) is 68.6 Å². The molecule has 0 spiro atoms. The van der Waals surface area contributed by atoms with E-state index in [9.17, 15) is 19.5 Å². The van der Waals surface area contributed by atoms with Gasteiger partial charge in [0, 0.05) is 12.7 Å². The van der Waals surface area contributed by atoms with Gasteiger partial charge in [0.05, 0.1) is 0 Å². The van der Waals surface area contributed by atoms with Gasteiger partial charge in [0.15, 0.2) is 5.75 Å². The molecule has 0 unspecified atom stereocenters. The van der Waals surface area contributed by atoms with Gasteiger partial charge in [0.2, 0.25) is 0 Å². The highest BCUT2D eigenvalue weighted by molar-refractivity contribution is 6.00. The predicted molar refractivity (Wildman–Crippen MR) is 103 cm³/mol. The number of aromatic nitrogens is 2. The molecule has 0 bridgehead atoms. The van der Waals surface area contributed by atoms with E-state index in [-0.39, 0.29) is 0 Å². The van der Waals surface area contributed by atoms with Crippen molar-refractivity contribution < 1.29 is 19.8 Å². The Morgan fingerprint density at radius 1 is 1.14 bits per heavy atom. The summed E-state index contributed by atoms with van der Waals surface area (Å²) in [5.74, 6) is -2.62. The molecule has 0 radical (unpaired) electrons. The summed E-state index contributed by atoms with van der Waals surface area (Å²) in [6.07, 6.45) is 0.606. The molecule has 146 valence electrons. The fraction of sp³-hybridized carbons (Fsp3) is 0.250. The van der Waals surface area contributed by atoms with Gasteiger partial charge in [0.1, 0.15) is 17.6 Å². The minimum atomic E-state index is -1.24. The number of hydrogen-bond donors (Lipinski definition) is 3. The third kappa shape index (κ3) is 3.13. The molecule has 0 atom stereocenters. The first-order chi connectivity index (χ1) is 13.2. The zero-order chi connectivity index (χ0) is 20.6. The lowest BCUT2D eigenvalue weighted by Gasteiger charge is -2.12. The topological polar surface area (TPSA) is 113 Å². The van der Waals surface area contributed by atoms with Crippen LogP contribution in [-0.4, -0.2) is 37.8 Å². The molecule has 8 nitrogen and oxygen atoms in total. The molecule has 8 heteroatoms. The number of rotatable bonds is 5. The van der Waals surface area contributed by atoms with E-state index in [0.717, 1.165) is 22.4 Å². The fourth-order valence-corrected chi connectivity index (χ4v) is 3.50. The van der Waals surface area contributed by atoms with Crippen LogP contribution >= 0.6 is 0 Å². The maximum absolute atomic E-state index is 12.7. The summed E-state index contributed by atoms with van der Waals surface area (Å²) < 4.78 is 2.83. The van der Waals surface area contributed by atoms with E-state index in [1.54, 1.807) is 4.52 Å². The van der Waals surface area contributed by atoms with Crippen molar-refractivity contribution in [3.63, 3.8) is 0 Å². The smallest absolute Gasteiger partial charge is 0.322 e. The number of fused-ring (bicyclic) bond motifs is 1. The third-order valence-electron chi connectivity index (χ3n) is 4.89. The summed E-state index contributed by atoms with van der Waals surface area (Å²) in [7, 11) is 1.50. The number of amides is 1. The Balaban J connectivity index is 2.21. The lowest BCUT2D eigenvalue weighted by Crippen LogP contribution is -2.36. The van der Waals surface area contributed by atoms with Crippen LogP contribution in [-0.2, 0) is 18.3 Å². The monoisotopic (exact) mass is 383 g/mol. The molecular weight excluding hydrogens is 362 g/mol. The second kappa shape index (κ2) is 7.22. The molecule has 0 saturated carbocycles. The minimum absolute atomic E-state index is 0.353. The van der Waals surface area contributed by atoms with Crippen LogP contribution in [0.25, 0.3) is 5.52 Å². The van der Waals surface area contributed by atoms with Gasteiger partial charge in [-0.15, -0.1) is 0 Å². The van der Waals surface area contributed by atoms with Gasteiger partial charge in [-0.2, -0.15) is 0 Å². The van der Waals surface area contributed by atoms with Crippen LogP contribution in [0, 0.1) is 13.8 Å². The molecule has 1 aromatic carbocycles. The van der Waals surface area contributed by atoms with Crippen LogP contribution < -0.4 is 10.9 Å². The number of nitrogens with one attached hydrogen (secondary N) is 1. The molecule has 3 N–H and O–H groups in total. The lowest BCUT2D eigenvalue weighted by atomic mass is 10.0. The summed E-state index contributed by atoms with van der Waals surface area (Å²) in [6, 6.07) is 9.79. The Labute approximate surface area is 160 Å². The van der Waals surface area contributed by atoms with Gasteiger partial charge < -0.3 is 15.5 Å². The minimum Gasteiger partial charge on any atom is -0.505 e. The summed E-state index contributed by atoms with van der Waals surface area (Å²) in [6.45, 7) is 3.02. The first-order valence-corrected chi connectivity index (χ1v) is 8.70.